The first-order chi connectivity index (χ1) is 7.72. The van der Waals surface area contributed by atoms with Crippen molar-refractivity contribution in [2.75, 3.05) is 0 Å². The van der Waals surface area contributed by atoms with Crippen LogP contribution in [0.5, 0.6) is 0 Å². The summed E-state index contributed by atoms with van der Waals surface area (Å²) < 4.78 is 6.87. The van der Waals surface area contributed by atoms with Crippen LogP contribution in [-0.4, -0.2) is 15.3 Å². The van der Waals surface area contributed by atoms with Crippen molar-refractivity contribution in [1.82, 2.24) is 9.55 Å². The third-order valence-electron chi connectivity index (χ3n) is 2.18. The summed E-state index contributed by atoms with van der Waals surface area (Å²) in [5.74, 6) is 0.353. The van der Waals surface area contributed by atoms with Crippen molar-refractivity contribution in [3.05, 3.63) is 41.3 Å². The number of aromatic nitrogens is 2. The van der Waals surface area contributed by atoms with Crippen molar-refractivity contribution in [2.45, 2.75) is 19.9 Å². The fourth-order valence-electron chi connectivity index (χ4n) is 1.49. The standard InChI is InChI=1S/C11H11ClN2O2/c1-2-6-14-7-5-13-11(14)10(15)8-3-4-9(12)16-8/h3-5,7H,2,6H2,1H3. The summed E-state index contributed by atoms with van der Waals surface area (Å²) in [6.07, 6.45) is 4.32. The lowest BCUT2D eigenvalue weighted by Gasteiger charge is -2.03. The maximum Gasteiger partial charge on any atom is 0.263 e. The van der Waals surface area contributed by atoms with Gasteiger partial charge in [-0.05, 0) is 30.2 Å². The van der Waals surface area contributed by atoms with Gasteiger partial charge in [0.2, 0.25) is 0 Å². The molecule has 0 N–H and O–H groups in total. The van der Waals surface area contributed by atoms with Crippen LogP contribution in [0.1, 0.15) is 29.7 Å². The van der Waals surface area contributed by atoms with Gasteiger partial charge in [-0.3, -0.25) is 4.79 Å². The van der Waals surface area contributed by atoms with Crippen LogP contribution in [0, 0.1) is 0 Å². The summed E-state index contributed by atoms with van der Waals surface area (Å²) >= 11 is 5.62. The Morgan fingerprint density at radius 1 is 1.56 bits per heavy atom. The number of aryl methyl sites for hydroxylation is 1. The molecule has 0 unspecified atom stereocenters. The molecule has 0 atom stereocenters. The number of carbonyl (C=O) groups excluding carboxylic acids is 1. The number of imidazole rings is 1. The smallest absolute Gasteiger partial charge is 0.263 e. The Morgan fingerprint density at radius 2 is 2.38 bits per heavy atom. The molecule has 16 heavy (non-hydrogen) atoms. The number of rotatable bonds is 4. The van der Waals surface area contributed by atoms with E-state index in [9.17, 15) is 4.79 Å². The predicted octanol–water partition coefficient (Wildman–Crippen LogP) is 2.77. The second kappa shape index (κ2) is 4.53. The second-order valence-electron chi connectivity index (χ2n) is 3.38. The van der Waals surface area contributed by atoms with E-state index in [4.69, 9.17) is 16.0 Å². The van der Waals surface area contributed by atoms with Gasteiger partial charge in [0, 0.05) is 18.9 Å². The molecule has 2 aromatic rings. The number of furan rings is 1. The number of nitrogens with zero attached hydrogens (tertiary/aromatic N) is 2. The zero-order chi connectivity index (χ0) is 11.5. The minimum atomic E-state index is -0.245. The molecule has 0 aliphatic heterocycles. The van der Waals surface area contributed by atoms with Crippen LogP contribution in [0.3, 0.4) is 0 Å². The zero-order valence-corrected chi connectivity index (χ0v) is 9.57. The molecule has 2 aromatic heterocycles. The summed E-state index contributed by atoms with van der Waals surface area (Å²) in [6, 6.07) is 3.09. The lowest BCUT2D eigenvalue weighted by Crippen LogP contribution is -2.10. The molecule has 0 aliphatic carbocycles. The summed E-state index contributed by atoms with van der Waals surface area (Å²) in [7, 11) is 0. The Bertz CT molecular complexity index is 502. The molecule has 5 heteroatoms. The van der Waals surface area contributed by atoms with Gasteiger partial charge in [0.1, 0.15) is 0 Å². The van der Waals surface area contributed by atoms with Gasteiger partial charge in [-0.2, -0.15) is 0 Å². The molecule has 0 saturated heterocycles. The van der Waals surface area contributed by atoms with Crippen LogP contribution < -0.4 is 0 Å². The predicted molar refractivity (Wildman–Crippen MR) is 59.7 cm³/mol. The molecule has 0 bridgehead atoms. The van der Waals surface area contributed by atoms with Crippen molar-refractivity contribution < 1.29 is 9.21 Å². The molecule has 0 aromatic carbocycles. The Labute approximate surface area is 97.8 Å². The van der Waals surface area contributed by atoms with E-state index >= 15 is 0 Å². The molecular weight excluding hydrogens is 228 g/mol. The molecule has 0 amide bonds. The molecular formula is C11H11ClN2O2. The van der Waals surface area contributed by atoms with E-state index in [1.54, 1.807) is 29.1 Å². The number of hydrogen-bond donors (Lipinski definition) is 0. The minimum absolute atomic E-state index is 0.206. The quantitative estimate of drug-likeness (QED) is 0.770. The zero-order valence-electron chi connectivity index (χ0n) is 8.81. The normalized spacial score (nSPS) is 10.6. The Hall–Kier alpha value is -1.55. The van der Waals surface area contributed by atoms with Crippen LogP contribution >= 0.6 is 11.6 Å². The molecule has 0 saturated carbocycles. The average molecular weight is 239 g/mol. The second-order valence-corrected chi connectivity index (χ2v) is 3.75. The number of ketones is 1. The van der Waals surface area contributed by atoms with Gasteiger partial charge in [0.25, 0.3) is 5.78 Å². The highest BCUT2D eigenvalue weighted by atomic mass is 35.5. The maximum atomic E-state index is 12.0. The van der Waals surface area contributed by atoms with Crippen molar-refractivity contribution in [3.8, 4) is 0 Å². The molecule has 0 spiro atoms. The van der Waals surface area contributed by atoms with Gasteiger partial charge in [-0.25, -0.2) is 4.98 Å². The maximum absolute atomic E-state index is 12.0. The number of carbonyl (C=O) groups is 1. The molecule has 0 aliphatic rings. The van der Waals surface area contributed by atoms with E-state index in [0.717, 1.165) is 13.0 Å². The van der Waals surface area contributed by atoms with E-state index < -0.39 is 0 Å². The van der Waals surface area contributed by atoms with Gasteiger partial charge in [0.05, 0.1) is 0 Å². The van der Waals surface area contributed by atoms with Crippen LogP contribution in [-0.2, 0) is 6.54 Å². The van der Waals surface area contributed by atoms with Crippen molar-refractivity contribution in [3.63, 3.8) is 0 Å². The highest BCUT2D eigenvalue weighted by Gasteiger charge is 2.18. The molecule has 0 fully saturated rings. The van der Waals surface area contributed by atoms with E-state index in [1.165, 1.54) is 0 Å². The van der Waals surface area contributed by atoms with Crippen LogP contribution in [0.25, 0.3) is 0 Å². The lowest BCUT2D eigenvalue weighted by molar-refractivity contribution is 0.0995. The Balaban J connectivity index is 2.30. The van der Waals surface area contributed by atoms with Crippen LogP contribution in [0.15, 0.2) is 28.9 Å². The first-order valence-corrected chi connectivity index (χ1v) is 5.41. The van der Waals surface area contributed by atoms with Crippen molar-refractivity contribution >= 4 is 17.4 Å². The topological polar surface area (TPSA) is 48.0 Å². The van der Waals surface area contributed by atoms with Gasteiger partial charge < -0.3 is 8.98 Å². The fourth-order valence-corrected chi connectivity index (χ4v) is 1.63. The monoisotopic (exact) mass is 238 g/mol. The van der Waals surface area contributed by atoms with Gasteiger partial charge >= 0.3 is 0 Å². The first-order valence-electron chi connectivity index (χ1n) is 5.03. The molecule has 84 valence electrons. The Morgan fingerprint density at radius 3 is 3.00 bits per heavy atom. The lowest BCUT2D eigenvalue weighted by atomic mass is 10.3. The summed E-state index contributed by atoms with van der Waals surface area (Å²) in [6.45, 7) is 2.80. The largest absolute Gasteiger partial charge is 0.441 e. The number of hydrogen-bond acceptors (Lipinski definition) is 3. The fraction of sp³-hybridized carbons (Fsp3) is 0.273. The van der Waals surface area contributed by atoms with E-state index in [2.05, 4.69) is 4.98 Å². The minimum Gasteiger partial charge on any atom is -0.441 e. The third-order valence-corrected chi connectivity index (χ3v) is 2.38. The highest BCUT2D eigenvalue weighted by Crippen LogP contribution is 2.16. The van der Waals surface area contributed by atoms with Crippen molar-refractivity contribution in [2.24, 2.45) is 0 Å². The molecule has 4 nitrogen and oxygen atoms in total. The summed E-state index contributed by atoms with van der Waals surface area (Å²) in [4.78, 5) is 16.0. The van der Waals surface area contributed by atoms with Crippen LogP contribution in [0.4, 0.5) is 0 Å². The van der Waals surface area contributed by atoms with E-state index in [-0.39, 0.29) is 16.8 Å². The van der Waals surface area contributed by atoms with Gasteiger partial charge in [0.15, 0.2) is 16.8 Å². The molecule has 2 rings (SSSR count). The average Bonchev–Trinajstić information content (AvgIpc) is 2.87. The SMILES string of the molecule is CCCn1ccnc1C(=O)c1ccc(Cl)o1. The van der Waals surface area contributed by atoms with Gasteiger partial charge in [-0.1, -0.05) is 6.92 Å². The van der Waals surface area contributed by atoms with Crippen LogP contribution in [0.2, 0.25) is 5.22 Å². The number of halogens is 1. The summed E-state index contributed by atoms with van der Waals surface area (Å²) in [5, 5.41) is 0.206. The molecule has 2 heterocycles. The van der Waals surface area contributed by atoms with Gasteiger partial charge in [-0.15, -0.1) is 0 Å². The third kappa shape index (κ3) is 2.02. The summed E-state index contributed by atoms with van der Waals surface area (Å²) in [5.41, 5.74) is 0. The highest BCUT2D eigenvalue weighted by molar-refractivity contribution is 6.29. The first kappa shape index (κ1) is 11.0. The van der Waals surface area contributed by atoms with Crippen molar-refractivity contribution in [1.29, 1.82) is 0 Å². The molecule has 0 radical (unpaired) electrons. The van der Waals surface area contributed by atoms with E-state index in [1.807, 2.05) is 6.92 Å². The van der Waals surface area contributed by atoms with E-state index in [0.29, 0.717) is 5.82 Å². The Kier molecular flexibility index (Phi) is 3.10.